The molecule has 1 amide bonds. The maximum Gasteiger partial charge on any atom is 0.416 e. The number of fused-ring (bicyclic) bond motifs is 1. The lowest BCUT2D eigenvalue weighted by Gasteiger charge is -2.38. The summed E-state index contributed by atoms with van der Waals surface area (Å²) in [6.45, 7) is 5.06. The van der Waals surface area contributed by atoms with E-state index < -0.39 is 41.2 Å². The Labute approximate surface area is 203 Å². The zero-order chi connectivity index (χ0) is 26.1. The van der Waals surface area contributed by atoms with Gasteiger partial charge in [-0.15, -0.1) is 0 Å². The molecule has 3 rings (SSSR count). The van der Waals surface area contributed by atoms with Crippen molar-refractivity contribution >= 4 is 17.6 Å². The van der Waals surface area contributed by atoms with Gasteiger partial charge in [0.15, 0.2) is 6.10 Å². The number of likely N-dealkylation sites (N-methyl/N-ethyl adjacent to an activating group) is 1. The Morgan fingerprint density at radius 1 is 1.11 bits per heavy atom. The third-order valence-electron chi connectivity index (χ3n) is 6.64. The second kappa shape index (κ2) is 9.89. The summed E-state index contributed by atoms with van der Waals surface area (Å²) >= 11 is 0. The molecule has 0 aromatic heterocycles. The molecule has 2 atom stereocenters. The van der Waals surface area contributed by atoms with Gasteiger partial charge in [0.25, 0.3) is 5.91 Å². The Bertz CT molecular complexity index is 1080. The molecule has 0 radical (unpaired) electrons. The summed E-state index contributed by atoms with van der Waals surface area (Å²) < 4.78 is 53.1. The Morgan fingerprint density at radius 3 is 2.26 bits per heavy atom. The predicted molar refractivity (Wildman–Crippen MR) is 127 cm³/mol. The first kappa shape index (κ1) is 26.5. The molecule has 1 heterocycles. The number of ether oxygens (including phenoxy) is 2. The van der Waals surface area contributed by atoms with Crippen molar-refractivity contribution < 1.29 is 32.2 Å². The van der Waals surface area contributed by atoms with Crippen molar-refractivity contribution in [3.8, 4) is 5.75 Å². The molecule has 1 aliphatic rings. The SMILES string of the molecule is COc1ccc(C2Cc3c(cccc3C(F)(F)F)N(CC(C)(C)N(C)C)C(=O)[C@@H]2OC(C)=O)cc1. The van der Waals surface area contributed by atoms with Crippen LogP contribution in [0.15, 0.2) is 42.5 Å². The molecular formula is C26H31F3N2O4. The molecule has 2 aromatic carbocycles. The first-order valence-electron chi connectivity index (χ1n) is 11.3. The van der Waals surface area contributed by atoms with Crippen LogP contribution in [0.4, 0.5) is 18.9 Å². The van der Waals surface area contributed by atoms with Crippen molar-refractivity contribution in [2.75, 3.05) is 32.6 Å². The van der Waals surface area contributed by atoms with Gasteiger partial charge < -0.3 is 19.3 Å². The summed E-state index contributed by atoms with van der Waals surface area (Å²) in [5.74, 6) is -1.51. The van der Waals surface area contributed by atoms with Crippen molar-refractivity contribution in [2.24, 2.45) is 0 Å². The summed E-state index contributed by atoms with van der Waals surface area (Å²) in [5.41, 5.74) is -0.646. The number of hydrogen-bond donors (Lipinski definition) is 0. The number of benzene rings is 2. The monoisotopic (exact) mass is 492 g/mol. The van der Waals surface area contributed by atoms with Crippen LogP contribution in [0.2, 0.25) is 0 Å². The van der Waals surface area contributed by atoms with E-state index in [-0.39, 0.29) is 24.2 Å². The zero-order valence-electron chi connectivity index (χ0n) is 20.8. The molecule has 190 valence electrons. The number of carbonyl (C=O) groups is 2. The lowest BCUT2D eigenvalue weighted by molar-refractivity contribution is -0.154. The lowest BCUT2D eigenvalue weighted by atomic mass is 9.86. The van der Waals surface area contributed by atoms with E-state index in [0.717, 1.165) is 6.07 Å². The van der Waals surface area contributed by atoms with Crippen molar-refractivity contribution in [1.82, 2.24) is 4.90 Å². The topological polar surface area (TPSA) is 59.1 Å². The van der Waals surface area contributed by atoms with Crippen LogP contribution in [0.5, 0.6) is 5.75 Å². The maximum atomic E-state index is 14.1. The number of methoxy groups -OCH3 is 1. The van der Waals surface area contributed by atoms with E-state index in [1.807, 2.05) is 32.8 Å². The van der Waals surface area contributed by atoms with E-state index in [1.165, 1.54) is 31.1 Å². The van der Waals surface area contributed by atoms with Gasteiger partial charge in [-0.05, 0) is 69.8 Å². The normalized spacial score (nSPS) is 18.8. The Morgan fingerprint density at radius 2 is 1.74 bits per heavy atom. The molecule has 1 unspecified atom stereocenters. The highest BCUT2D eigenvalue weighted by Crippen LogP contribution is 2.43. The third kappa shape index (κ3) is 5.61. The fourth-order valence-electron chi connectivity index (χ4n) is 4.23. The van der Waals surface area contributed by atoms with Gasteiger partial charge in [-0.3, -0.25) is 9.59 Å². The molecule has 1 aliphatic heterocycles. The third-order valence-corrected chi connectivity index (χ3v) is 6.64. The summed E-state index contributed by atoms with van der Waals surface area (Å²) in [4.78, 5) is 29.2. The molecule has 6 nitrogen and oxygen atoms in total. The van der Waals surface area contributed by atoms with Gasteiger partial charge in [0.05, 0.1) is 12.7 Å². The summed E-state index contributed by atoms with van der Waals surface area (Å²) in [6, 6.07) is 10.5. The van der Waals surface area contributed by atoms with Crippen LogP contribution in [-0.2, 0) is 26.9 Å². The number of rotatable bonds is 6. The fraction of sp³-hybridized carbons (Fsp3) is 0.462. The number of hydrogen-bond acceptors (Lipinski definition) is 5. The van der Waals surface area contributed by atoms with Crippen LogP contribution in [-0.4, -0.2) is 56.2 Å². The van der Waals surface area contributed by atoms with Crippen molar-refractivity contribution in [1.29, 1.82) is 0 Å². The molecule has 0 N–H and O–H groups in total. The highest BCUT2D eigenvalue weighted by atomic mass is 19.4. The van der Waals surface area contributed by atoms with Gasteiger partial charge in [0.1, 0.15) is 5.75 Å². The van der Waals surface area contributed by atoms with Gasteiger partial charge in [0.2, 0.25) is 0 Å². The second-order valence-electron chi connectivity index (χ2n) is 9.55. The van der Waals surface area contributed by atoms with E-state index in [2.05, 4.69) is 0 Å². The molecule has 0 saturated heterocycles. The summed E-state index contributed by atoms with van der Waals surface area (Å²) in [7, 11) is 5.17. The molecule has 35 heavy (non-hydrogen) atoms. The number of halogens is 3. The minimum atomic E-state index is -4.62. The van der Waals surface area contributed by atoms with Crippen LogP contribution in [0.1, 0.15) is 43.4 Å². The standard InChI is InChI=1S/C26H31F3N2O4/c1-16(32)35-23-19(17-10-12-18(34-6)13-11-17)14-20-21(26(27,28)29)8-7-9-22(20)31(24(23)33)15-25(2,3)30(4)5/h7-13,19,23H,14-15H2,1-6H3/t19?,23-/m1/s1. The number of anilines is 1. The average molecular weight is 493 g/mol. The minimum Gasteiger partial charge on any atom is -0.497 e. The van der Waals surface area contributed by atoms with Crippen LogP contribution in [0.3, 0.4) is 0 Å². The summed E-state index contributed by atoms with van der Waals surface area (Å²) in [6.07, 6.45) is -6.06. The minimum absolute atomic E-state index is 0.00150. The molecule has 0 bridgehead atoms. The number of nitrogens with zero attached hydrogens (tertiary/aromatic N) is 2. The van der Waals surface area contributed by atoms with E-state index in [9.17, 15) is 22.8 Å². The van der Waals surface area contributed by atoms with Gasteiger partial charge in [-0.1, -0.05) is 18.2 Å². The van der Waals surface area contributed by atoms with Gasteiger partial charge in [-0.2, -0.15) is 13.2 Å². The van der Waals surface area contributed by atoms with Crippen LogP contribution >= 0.6 is 0 Å². The summed E-state index contributed by atoms with van der Waals surface area (Å²) in [5, 5.41) is 0. The van der Waals surface area contributed by atoms with E-state index in [0.29, 0.717) is 11.3 Å². The predicted octanol–water partition coefficient (Wildman–Crippen LogP) is 4.66. The smallest absolute Gasteiger partial charge is 0.416 e. The molecule has 0 saturated carbocycles. The fourth-order valence-corrected chi connectivity index (χ4v) is 4.23. The molecule has 2 aromatic rings. The number of amides is 1. The number of esters is 1. The van der Waals surface area contributed by atoms with Crippen LogP contribution in [0, 0.1) is 0 Å². The molecular weight excluding hydrogens is 461 g/mol. The van der Waals surface area contributed by atoms with E-state index in [4.69, 9.17) is 9.47 Å². The first-order chi connectivity index (χ1) is 16.3. The highest BCUT2D eigenvalue weighted by molar-refractivity contribution is 6.00. The van der Waals surface area contributed by atoms with Crippen LogP contribution in [0.25, 0.3) is 0 Å². The average Bonchev–Trinajstić information content (AvgIpc) is 2.88. The molecule has 0 spiro atoms. The Balaban J connectivity index is 2.26. The molecule has 0 aliphatic carbocycles. The Hall–Kier alpha value is -3.07. The highest BCUT2D eigenvalue weighted by Gasteiger charge is 2.45. The van der Waals surface area contributed by atoms with E-state index in [1.54, 1.807) is 24.3 Å². The second-order valence-corrected chi connectivity index (χ2v) is 9.55. The molecule has 9 heteroatoms. The van der Waals surface area contributed by atoms with Crippen molar-refractivity contribution in [3.63, 3.8) is 0 Å². The van der Waals surface area contributed by atoms with Gasteiger partial charge >= 0.3 is 12.1 Å². The van der Waals surface area contributed by atoms with Gasteiger partial charge in [0, 0.05) is 30.6 Å². The first-order valence-corrected chi connectivity index (χ1v) is 11.3. The van der Waals surface area contributed by atoms with E-state index >= 15 is 0 Å². The number of carbonyl (C=O) groups excluding carboxylic acids is 2. The quantitative estimate of drug-likeness (QED) is 0.549. The zero-order valence-corrected chi connectivity index (χ0v) is 20.8. The number of alkyl halides is 3. The Kier molecular flexibility index (Phi) is 7.50. The van der Waals surface area contributed by atoms with Crippen LogP contribution < -0.4 is 9.64 Å². The molecule has 0 fully saturated rings. The van der Waals surface area contributed by atoms with Crippen molar-refractivity contribution in [2.45, 2.75) is 50.9 Å². The largest absolute Gasteiger partial charge is 0.497 e. The van der Waals surface area contributed by atoms with Gasteiger partial charge in [-0.25, -0.2) is 0 Å². The maximum absolute atomic E-state index is 14.1. The van der Waals surface area contributed by atoms with Crippen molar-refractivity contribution in [3.05, 3.63) is 59.2 Å². The lowest BCUT2D eigenvalue weighted by Crippen LogP contribution is -2.53.